The van der Waals surface area contributed by atoms with Gasteiger partial charge in [0.25, 0.3) is 0 Å². The van der Waals surface area contributed by atoms with Crippen LogP contribution in [-0.4, -0.2) is 23.6 Å². The van der Waals surface area contributed by atoms with Gasteiger partial charge in [-0.3, -0.25) is 0 Å². The fourth-order valence-corrected chi connectivity index (χ4v) is 3.52. The summed E-state index contributed by atoms with van der Waals surface area (Å²) in [5.41, 5.74) is 0.278. The van der Waals surface area contributed by atoms with Crippen molar-refractivity contribution in [2.75, 3.05) is 18.0 Å². The van der Waals surface area contributed by atoms with Crippen molar-refractivity contribution in [1.82, 2.24) is 10.3 Å². The van der Waals surface area contributed by atoms with Crippen molar-refractivity contribution in [1.29, 1.82) is 0 Å². The minimum atomic E-state index is 0.278. The summed E-state index contributed by atoms with van der Waals surface area (Å²) in [7, 11) is 0. The van der Waals surface area contributed by atoms with E-state index in [-0.39, 0.29) is 5.54 Å². The molecule has 4 heteroatoms. The number of thiazole rings is 1. The molecule has 102 valence electrons. The highest BCUT2D eigenvalue weighted by Crippen LogP contribution is 2.35. The summed E-state index contributed by atoms with van der Waals surface area (Å²) in [5, 5.41) is 4.67. The summed E-state index contributed by atoms with van der Waals surface area (Å²) in [6, 6.07) is 0. The molecular weight excluding hydrogens is 242 g/mol. The lowest BCUT2D eigenvalue weighted by Gasteiger charge is -2.31. The molecule has 0 spiro atoms. The smallest absolute Gasteiger partial charge is 0.185 e. The monoisotopic (exact) mass is 267 g/mol. The number of hydrogen-bond donors (Lipinski definition) is 1. The molecular formula is C14H25N3S. The van der Waals surface area contributed by atoms with Gasteiger partial charge in [0.1, 0.15) is 0 Å². The molecule has 1 aliphatic heterocycles. The Balaban J connectivity index is 1.94. The number of nitrogens with zero attached hydrogens (tertiary/aromatic N) is 2. The van der Waals surface area contributed by atoms with Crippen molar-refractivity contribution in [2.24, 2.45) is 5.92 Å². The van der Waals surface area contributed by atoms with Crippen LogP contribution in [0.25, 0.3) is 0 Å². The summed E-state index contributed by atoms with van der Waals surface area (Å²) in [5.74, 6) is 0.704. The van der Waals surface area contributed by atoms with Gasteiger partial charge in [-0.25, -0.2) is 4.98 Å². The van der Waals surface area contributed by atoms with Crippen molar-refractivity contribution >= 4 is 16.5 Å². The van der Waals surface area contributed by atoms with Crippen molar-refractivity contribution in [2.45, 2.75) is 52.6 Å². The number of anilines is 1. The summed E-state index contributed by atoms with van der Waals surface area (Å²) >= 11 is 1.84. The lowest BCUT2D eigenvalue weighted by Crippen LogP contribution is -2.37. The molecule has 0 radical (unpaired) electrons. The van der Waals surface area contributed by atoms with E-state index in [1.54, 1.807) is 0 Å². The second-order valence-corrected chi connectivity index (χ2v) is 7.30. The third-order valence-electron chi connectivity index (χ3n) is 3.53. The predicted octanol–water partition coefficient (Wildman–Crippen LogP) is 3.27. The summed E-state index contributed by atoms with van der Waals surface area (Å²) in [6.45, 7) is 12.3. The predicted molar refractivity (Wildman–Crippen MR) is 79.3 cm³/mol. The van der Waals surface area contributed by atoms with Gasteiger partial charge in [-0.1, -0.05) is 13.8 Å². The van der Waals surface area contributed by atoms with Gasteiger partial charge >= 0.3 is 0 Å². The molecule has 1 aromatic rings. The highest BCUT2D eigenvalue weighted by Gasteiger charge is 2.33. The maximum Gasteiger partial charge on any atom is 0.185 e. The van der Waals surface area contributed by atoms with Crippen LogP contribution in [0.5, 0.6) is 0 Å². The normalized spacial score (nSPS) is 18.8. The van der Waals surface area contributed by atoms with Crippen LogP contribution in [0.2, 0.25) is 0 Å². The van der Waals surface area contributed by atoms with Crippen LogP contribution < -0.4 is 10.2 Å². The quantitative estimate of drug-likeness (QED) is 0.887. The standard InChI is InChI=1S/C14H25N3S/c1-11(2)8-15-9-12-10-16-13(18-12)17-7-5-6-14(17,3)4/h10-11,15H,5-9H2,1-4H3. The molecule has 0 amide bonds. The first-order valence-electron chi connectivity index (χ1n) is 6.92. The Bertz CT molecular complexity index is 384. The van der Waals surface area contributed by atoms with E-state index in [0.717, 1.165) is 19.6 Å². The molecule has 1 aromatic heterocycles. The molecule has 1 aliphatic rings. The molecule has 0 bridgehead atoms. The molecule has 2 heterocycles. The molecule has 0 unspecified atom stereocenters. The summed E-state index contributed by atoms with van der Waals surface area (Å²) in [6.07, 6.45) is 4.59. The maximum atomic E-state index is 4.60. The topological polar surface area (TPSA) is 28.2 Å². The molecule has 1 fully saturated rings. The lowest BCUT2D eigenvalue weighted by molar-refractivity contribution is 0.517. The third kappa shape index (κ3) is 3.23. The maximum absolute atomic E-state index is 4.60. The summed E-state index contributed by atoms with van der Waals surface area (Å²) < 4.78 is 0. The van der Waals surface area contributed by atoms with Gasteiger partial charge in [-0.2, -0.15) is 0 Å². The molecule has 3 nitrogen and oxygen atoms in total. The Morgan fingerprint density at radius 2 is 2.28 bits per heavy atom. The zero-order valence-corrected chi connectivity index (χ0v) is 12.8. The Kier molecular flexibility index (Phi) is 4.28. The molecule has 18 heavy (non-hydrogen) atoms. The minimum absolute atomic E-state index is 0.278. The van der Waals surface area contributed by atoms with Crippen molar-refractivity contribution < 1.29 is 0 Å². The molecule has 0 aromatic carbocycles. The van der Waals surface area contributed by atoms with Crippen LogP contribution >= 0.6 is 11.3 Å². The van der Waals surface area contributed by atoms with Crippen LogP contribution in [0, 0.1) is 5.92 Å². The molecule has 1 saturated heterocycles. The van der Waals surface area contributed by atoms with Gasteiger partial charge in [0.15, 0.2) is 5.13 Å². The highest BCUT2D eigenvalue weighted by molar-refractivity contribution is 7.15. The Labute approximate surface area is 115 Å². The van der Waals surface area contributed by atoms with E-state index in [1.807, 2.05) is 17.5 Å². The first kappa shape index (κ1) is 13.8. The SMILES string of the molecule is CC(C)CNCc1cnc(N2CCCC2(C)C)s1. The number of nitrogens with one attached hydrogen (secondary N) is 1. The van der Waals surface area contributed by atoms with E-state index in [2.05, 4.69) is 42.9 Å². The van der Waals surface area contributed by atoms with Crippen molar-refractivity contribution in [3.63, 3.8) is 0 Å². The Morgan fingerprint density at radius 1 is 1.50 bits per heavy atom. The van der Waals surface area contributed by atoms with E-state index < -0.39 is 0 Å². The number of rotatable bonds is 5. The zero-order chi connectivity index (χ0) is 13.2. The number of hydrogen-bond acceptors (Lipinski definition) is 4. The lowest BCUT2D eigenvalue weighted by atomic mass is 10.0. The van der Waals surface area contributed by atoms with Gasteiger partial charge in [0.2, 0.25) is 0 Å². The van der Waals surface area contributed by atoms with E-state index in [1.165, 1.54) is 22.9 Å². The van der Waals surface area contributed by atoms with Crippen molar-refractivity contribution in [3.05, 3.63) is 11.1 Å². The highest BCUT2D eigenvalue weighted by atomic mass is 32.1. The van der Waals surface area contributed by atoms with Gasteiger partial charge in [0, 0.05) is 29.7 Å². The van der Waals surface area contributed by atoms with Crippen molar-refractivity contribution in [3.8, 4) is 0 Å². The molecule has 0 saturated carbocycles. The average Bonchev–Trinajstić information content (AvgIpc) is 2.83. The van der Waals surface area contributed by atoms with E-state index >= 15 is 0 Å². The fourth-order valence-electron chi connectivity index (χ4n) is 2.45. The van der Waals surface area contributed by atoms with Gasteiger partial charge in [0.05, 0.1) is 0 Å². The Morgan fingerprint density at radius 3 is 2.89 bits per heavy atom. The van der Waals surface area contributed by atoms with Crippen LogP contribution in [0.1, 0.15) is 45.4 Å². The summed E-state index contributed by atoms with van der Waals surface area (Å²) in [4.78, 5) is 8.40. The van der Waals surface area contributed by atoms with Gasteiger partial charge < -0.3 is 10.2 Å². The van der Waals surface area contributed by atoms with Gasteiger partial charge in [-0.15, -0.1) is 11.3 Å². The Hall–Kier alpha value is -0.610. The van der Waals surface area contributed by atoms with E-state index in [4.69, 9.17) is 0 Å². The molecule has 0 atom stereocenters. The third-order valence-corrected chi connectivity index (χ3v) is 4.55. The van der Waals surface area contributed by atoms with Crippen LogP contribution in [-0.2, 0) is 6.54 Å². The number of aromatic nitrogens is 1. The zero-order valence-electron chi connectivity index (χ0n) is 12.0. The van der Waals surface area contributed by atoms with Crippen LogP contribution in [0.3, 0.4) is 0 Å². The second-order valence-electron chi connectivity index (χ2n) is 6.20. The van der Waals surface area contributed by atoms with E-state index in [0.29, 0.717) is 5.92 Å². The molecule has 1 N–H and O–H groups in total. The minimum Gasteiger partial charge on any atom is -0.343 e. The van der Waals surface area contributed by atoms with Crippen LogP contribution in [0.4, 0.5) is 5.13 Å². The fraction of sp³-hybridized carbons (Fsp3) is 0.786. The largest absolute Gasteiger partial charge is 0.343 e. The average molecular weight is 267 g/mol. The molecule has 0 aliphatic carbocycles. The first-order chi connectivity index (χ1) is 8.49. The van der Waals surface area contributed by atoms with Crippen LogP contribution in [0.15, 0.2) is 6.20 Å². The van der Waals surface area contributed by atoms with E-state index in [9.17, 15) is 0 Å². The second kappa shape index (κ2) is 5.57. The molecule has 2 rings (SSSR count). The first-order valence-corrected chi connectivity index (χ1v) is 7.74. The van der Waals surface area contributed by atoms with Gasteiger partial charge in [-0.05, 0) is 39.2 Å².